The lowest BCUT2D eigenvalue weighted by atomic mass is 9.90. The number of amides is 1. The zero-order valence-electron chi connectivity index (χ0n) is 25.4. The number of phenolic OH excluding ortho intramolecular Hbond substituents is 2. The minimum Gasteiger partial charge on any atom is -0.508 e. The van der Waals surface area contributed by atoms with Gasteiger partial charge in [-0.3, -0.25) is 9.69 Å². The number of carbonyl (C=O) groups excluding carboxylic acids is 1. The second kappa shape index (κ2) is 12.9. The molecule has 2 heterocycles. The maximum Gasteiger partial charge on any atom is 0.319 e. The second-order valence-corrected chi connectivity index (χ2v) is 12.1. The van der Waals surface area contributed by atoms with Crippen molar-refractivity contribution in [2.24, 2.45) is 5.92 Å². The number of hydrogen-bond acceptors (Lipinski definition) is 7. The van der Waals surface area contributed by atoms with Gasteiger partial charge < -0.3 is 20.2 Å². The first-order valence-electron chi connectivity index (χ1n) is 14.9. The molecule has 9 heteroatoms. The maximum atomic E-state index is 11.6. The van der Waals surface area contributed by atoms with Gasteiger partial charge in [-0.05, 0) is 78.6 Å². The van der Waals surface area contributed by atoms with Crippen molar-refractivity contribution < 1.29 is 20.1 Å². The molecule has 0 radical (unpaired) electrons. The molecular formula is C34H41N5O4. The van der Waals surface area contributed by atoms with Gasteiger partial charge in [0.05, 0.1) is 11.3 Å². The normalized spacial score (nSPS) is 14.1. The lowest BCUT2D eigenvalue weighted by Gasteiger charge is -2.31. The van der Waals surface area contributed by atoms with Gasteiger partial charge in [0.15, 0.2) is 5.82 Å². The first-order valence-corrected chi connectivity index (χ1v) is 14.9. The van der Waals surface area contributed by atoms with Crippen LogP contribution in [0.15, 0.2) is 60.7 Å². The third kappa shape index (κ3) is 7.00. The molecule has 0 spiro atoms. The quantitative estimate of drug-likeness (QED) is 0.235. The van der Waals surface area contributed by atoms with E-state index in [2.05, 4.69) is 46.4 Å². The number of rotatable bonds is 9. The molecule has 9 nitrogen and oxygen atoms in total. The number of carbonyl (C=O) groups is 1. The predicted molar refractivity (Wildman–Crippen MR) is 166 cm³/mol. The highest BCUT2D eigenvalue weighted by Crippen LogP contribution is 2.38. The Morgan fingerprint density at radius 3 is 2.05 bits per heavy atom. The van der Waals surface area contributed by atoms with Crippen LogP contribution in [0.1, 0.15) is 61.8 Å². The molecular weight excluding hydrogens is 542 g/mol. The van der Waals surface area contributed by atoms with Crippen LogP contribution in [0.2, 0.25) is 0 Å². The summed E-state index contributed by atoms with van der Waals surface area (Å²) in [5.41, 5.74) is 5.42. The molecule has 1 saturated heterocycles. The van der Waals surface area contributed by atoms with E-state index in [9.17, 15) is 20.1 Å². The smallest absolute Gasteiger partial charge is 0.319 e. The number of aromatic hydroxyl groups is 3. The van der Waals surface area contributed by atoms with E-state index in [1.807, 2.05) is 43.0 Å². The molecule has 4 aromatic rings. The van der Waals surface area contributed by atoms with E-state index < -0.39 is 0 Å². The van der Waals surface area contributed by atoms with E-state index in [0.717, 1.165) is 51.0 Å². The van der Waals surface area contributed by atoms with E-state index >= 15 is 0 Å². The van der Waals surface area contributed by atoms with E-state index in [0.29, 0.717) is 22.7 Å². The Morgan fingerprint density at radius 2 is 1.47 bits per heavy atom. The van der Waals surface area contributed by atoms with Crippen LogP contribution >= 0.6 is 0 Å². The summed E-state index contributed by atoms with van der Waals surface area (Å²) < 4.78 is 1.48. The molecule has 5 rings (SSSR count). The summed E-state index contributed by atoms with van der Waals surface area (Å²) in [6.07, 6.45) is 3.20. The Balaban J connectivity index is 1.21. The number of benzene rings is 3. The minimum atomic E-state index is -0.289. The van der Waals surface area contributed by atoms with Gasteiger partial charge in [-0.1, -0.05) is 55.3 Å². The third-order valence-electron chi connectivity index (χ3n) is 8.36. The fourth-order valence-electron chi connectivity index (χ4n) is 5.92. The van der Waals surface area contributed by atoms with Gasteiger partial charge in [-0.2, -0.15) is 0 Å². The molecule has 1 aliphatic heterocycles. The molecule has 43 heavy (non-hydrogen) atoms. The van der Waals surface area contributed by atoms with Crippen molar-refractivity contribution in [2.75, 3.05) is 20.1 Å². The van der Waals surface area contributed by atoms with E-state index in [4.69, 9.17) is 0 Å². The van der Waals surface area contributed by atoms with Crippen LogP contribution in [0, 0.1) is 5.92 Å². The fourth-order valence-corrected chi connectivity index (χ4v) is 5.92. The monoisotopic (exact) mass is 583 g/mol. The highest BCUT2D eigenvalue weighted by atomic mass is 16.3. The molecule has 0 saturated carbocycles. The van der Waals surface area contributed by atoms with Crippen molar-refractivity contribution >= 4 is 5.91 Å². The summed E-state index contributed by atoms with van der Waals surface area (Å²) in [6.45, 7) is 8.85. The highest BCUT2D eigenvalue weighted by molar-refractivity contribution is 5.73. The lowest BCUT2D eigenvalue weighted by molar-refractivity contribution is -0.130. The van der Waals surface area contributed by atoms with Gasteiger partial charge in [-0.15, -0.1) is 5.10 Å². The second-order valence-electron chi connectivity index (χ2n) is 12.1. The molecule has 0 bridgehead atoms. The molecule has 1 fully saturated rings. The fraction of sp³-hybridized carbons (Fsp3) is 0.382. The minimum absolute atomic E-state index is 0.0126. The first kappa shape index (κ1) is 30.1. The molecule has 1 aromatic heterocycles. The number of aromatic nitrogens is 3. The topological polar surface area (TPSA) is 115 Å². The number of piperidine rings is 1. The zero-order valence-corrected chi connectivity index (χ0v) is 25.4. The van der Waals surface area contributed by atoms with Crippen LogP contribution in [-0.4, -0.2) is 65.9 Å². The zero-order chi connectivity index (χ0) is 30.7. The number of nitrogens with zero attached hydrogens (tertiary/aromatic N) is 5. The van der Waals surface area contributed by atoms with Crippen LogP contribution in [0.4, 0.5) is 0 Å². The third-order valence-corrected chi connectivity index (χ3v) is 8.36. The number of phenols is 2. The van der Waals surface area contributed by atoms with Crippen LogP contribution in [-0.2, 0) is 24.3 Å². The van der Waals surface area contributed by atoms with E-state index in [-0.39, 0.29) is 35.2 Å². The summed E-state index contributed by atoms with van der Waals surface area (Å²) >= 11 is 0. The molecule has 0 unspecified atom stereocenters. The summed E-state index contributed by atoms with van der Waals surface area (Å²) in [7, 11) is 2.09. The van der Waals surface area contributed by atoms with Crippen LogP contribution in [0.5, 0.6) is 17.5 Å². The Labute approximate surface area is 253 Å². The van der Waals surface area contributed by atoms with Crippen molar-refractivity contribution in [1.29, 1.82) is 0 Å². The van der Waals surface area contributed by atoms with Gasteiger partial charge in [0.25, 0.3) is 0 Å². The molecule has 1 aliphatic rings. The average Bonchev–Trinajstić information content (AvgIpc) is 3.35. The van der Waals surface area contributed by atoms with Crippen LogP contribution < -0.4 is 0 Å². The van der Waals surface area contributed by atoms with E-state index in [1.165, 1.54) is 21.8 Å². The first-order chi connectivity index (χ1) is 20.6. The molecule has 226 valence electrons. The Kier molecular flexibility index (Phi) is 9.01. The van der Waals surface area contributed by atoms with Crippen LogP contribution in [0.25, 0.3) is 17.1 Å². The van der Waals surface area contributed by atoms with E-state index in [1.54, 1.807) is 13.0 Å². The Morgan fingerprint density at radius 1 is 0.884 bits per heavy atom. The van der Waals surface area contributed by atoms with Crippen molar-refractivity contribution in [3.8, 4) is 34.6 Å². The molecule has 0 aliphatic carbocycles. The summed E-state index contributed by atoms with van der Waals surface area (Å²) in [5.74, 6) is 0.995. The van der Waals surface area contributed by atoms with Gasteiger partial charge in [0, 0.05) is 39.2 Å². The van der Waals surface area contributed by atoms with Crippen molar-refractivity contribution in [3.05, 3.63) is 82.9 Å². The largest absolute Gasteiger partial charge is 0.508 e. The SMILES string of the molecule is CC(=O)N1CCC(Cc2ccc(CN(C)Cc3ccc(-n4c(O)nnc4-c4cc(C(C)C)c(O)cc4O)cc3)cc2)CC1. The number of likely N-dealkylation sites (tertiary alicyclic amines) is 1. The van der Waals surface area contributed by atoms with Gasteiger partial charge >= 0.3 is 6.01 Å². The van der Waals surface area contributed by atoms with Crippen molar-refractivity contribution in [1.82, 2.24) is 24.6 Å². The van der Waals surface area contributed by atoms with Crippen molar-refractivity contribution in [3.63, 3.8) is 0 Å². The lowest BCUT2D eigenvalue weighted by Crippen LogP contribution is -2.37. The Hall–Kier alpha value is -4.37. The van der Waals surface area contributed by atoms with Gasteiger partial charge in [0.2, 0.25) is 5.91 Å². The van der Waals surface area contributed by atoms with Gasteiger partial charge in [-0.25, -0.2) is 4.57 Å². The molecule has 3 N–H and O–H groups in total. The molecule has 3 aromatic carbocycles. The number of hydrogen-bond donors (Lipinski definition) is 3. The summed E-state index contributed by atoms with van der Waals surface area (Å²) in [6, 6.07) is 19.4. The molecule has 0 atom stereocenters. The summed E-state index contributed by atoms with van der Waals surface area (Å²) in [5, 5.41) is 39.3. The Bertz CT molecular complexity index is 1560. The standard InChI is InChI=1S/C34H41N5O4/c1-22(2)29-18-30(32(42)19-31(29)41)33-35-36-34(43)39(33)28-11-9-27(10-12-28)21-37(4)20-26-7-5-24(6-8-26)17-25-13-15-38(16-14-25)23(3)40/h5-12,18-19,22,25,41-42H,13-17,20-21H2,1-4H3,(H,36,43). The van der Waals surface area contributed by atoms with Gasteiger partial charge in [0.1, 0.15) is 11.5 Å². The molecule has 1 amide bonds. The van der Waals surface area contributed by atoms with Crippen molar-refractivity contribution in [2.45, 2.75) is 59.0 Å². The predicted octanol–water partition coefficient (Wildman–Crippen LogP) is 5.61. The van der Waals surface area contributed by atoms with Crippen LogP contribution in [0.3, 0.4) is 0 Å². The maximum absolute atomic E-state index is 11.6. The highest BCUT2D eigenvalue weighted by Gasteiger charge is 2.22. The summed E-state index contributed by atoms with van der Waals surface area (Å²) in [4.78, 5) is 15.8. The average molecular weight is 584 g/mol.